The van der Waals surface area contributed by atoms with Crippen molar-refractivity contribution in [2.45, 2.75) is 41.5 Å². The van der Waals surface area contributed by atoms with Crippen molar-refractivity contribution in [3.63, 3.8) is 0 Å². The van der Waals surface area contributed by atoms with E-state index < -0.39 is 0 Å². The highest BCUT2D eigenvalue weighted by Crippen LogP contribution is 2.28. The molecule has 0 unspecified atom stereocenters. The summed E-state index contributed by atoms with van der Waals surface area (Å²) in [5, 5.41) is 0. The Balaban J connectivity index is 4.27. The summed E-state index contributed by atoms with van der Waals surface area (Å²) < 4.78 is 0. The molecule has 10 heavy (non-hydrogen) atoms. The molecule has 0 aromatic heterocycles. The van der Waals surface area contributed by atoms with Crippen LogP contribution >= 0.6 is 0 Å². The zero-order valence-electron chi connectivity index (χ0n) is 8.15. The molecule has 0 nitrogen and oxygen atoms in total. The minimum Gasteiger partial charge on any atom is -0.0800 e. The van der Waals surface area contributed by atoms with Crippen molar-refractivity contribution in [2.75, 3.05) is 0 Å². The molecule has 0 atom stereocenters. The monoisotopic (exact) mass is 140 g/mol. The number of rotatable bonds is 2. The van der Waals surface area contributed by atoms with E-state index in [-0.39, 0.29) is 0 Å². The lowest BCUT2D eigenvalue weighted by Crippen LogP contribution is -2.15. The van der Waals surface area contributed by atoms with Gasteiger partial charge in [-0.3, -0.25) is 0 Å². The quantitative estimate of drug-likeness (QED) is 0.514. The summed E-state index contributed by atoms with van der Waals surface area (Å²) in [7, 11) is 0. The summed E-state index contributed by atoms with van der Waals surface area (Å²) in [6.07, 6.45) is 2.34. The third-order valence-corrected chi connectivity index (χ3v) is 2.15. The van der Waals surface area contributed by atoms with Crippen LogP contribution in [-0.2, 0) is 0 Å². The Bertz CT molecular complexity index is 123. The predicted octanol–water partition coefficient (Wildman–Crippen LogP) is 3.63. The first-order valence-electron chi connectivity index (χ1n) is 4.02. The molecule has 60 valence electrons. The lowest BCUT2D eigenvalue weighted by Gasteiger charge is -2.25. The first kappa shape index (κ1) is 9.74. The van der Waals surface area contributed by atoms with E-state index in [4.69, 9.17) is 0 Å². The van der Waals surface area contributed by atoms with Gasteiger partial charge < -0.3 is 0 Å². The van der Waals surface area contributed by atoms with Crippen molar-refractivity contribution in [3.8, 4) is 0 Å². The molecule has 0 saturated carbocycles. The standard InChI is InChI=1S/C10H20/c1-8(2)7-10(5,6)9(3)4/h7,9H,1-6H3. The zero-order valence-corrected chi connectivity index (χ0v) is 8.15. The Morgan fingerprint density at radius 2 is 1.60 bits per heavy atom. The van der Waals surface area contributed by atoms with Crippen molar-refractivity contribution in [3.05, 3.63) is 11.6 Å². The Hall–Kier alpha value is -0.260. The van der Waals surface area contributed by atoms with Gasteiger partial charge in [-0.25, -0.2) is 0 Å². The maximum atomic E-state index is 2.34. The average molecular weight is 140 g/mol. The van der Waals surface area contributed by atoms with Crippen LogP contribution in [0.2, 0.25) is 0 Å². The number of allylic oxidation sites excluding steroid dienone is 2. The number of hydrogen-bond donors (Lipinski definition) is 0. The maximum absolute atomic E-state index is 2.34. The van der Waals surface area contributed by atoms with Crippen molar-refractivity contribution in [2.24, 2.45) is 11.3 Å². The molecule has 0 N–H and O–H groups in total. The molecular weight excluding hydrogens is 120 g/mol. The molecule has 0 radical (unpaired) electrons. The SMILES string of the molecule is CC(C)=CC(C)(C)C(C)C. The van der Waals surface area contributed by atoms with Gasteiger partial charge in [-0.2, -0.15) is 0 Å². The smallest absolute Gasteiger partial charge is 0.0149 e. The molecule has 0 heterocycles. The van der Waals surface area contributed by atoms with Crippen LogP contribution in [0.3, 0.4) is 0 Å². The van der Waals surface area contributed by atoms with Gasteiger partial charge >= 0.3 is 0 Å². The van der Waals surface area contributed by atoms with Gasteiger partial charge in [-0.05, 0) is 25.2 Å². The second-order valence-corrected chi connectivity index (χ2v) is 4.20. The fraction of sp³-hybridized carbons (Fsp3) is 0.800. The van der Waals surface area contributed by atoms with E-state index in [1.165, 1.54) is 5.57 Å². The van der Waals surface area contributed by atoms with Crippen molar-refractivity contribution in [1.82, 2.24) is 0 Å². The highest BCUT2D eigenvalue weighted by Gasteiger charge is 2.18. The molecule has 0 rings (SSSR count). The lowest BCUT2D eigenvalue weighted by atomic mass is 9.80. The van der Waals surface area contributed by atoms with E-state index in [1.54, 1.807) is 0 Å². The minimum atomic E-state index is 0.360. The Labute approximate surface area is 65.3 Å². The number of hydrogen-bond acceptors (Lipinski definition) is 0. The fourth-order valence-electron chi connectivity index (χ4n) is 0.911. The van der Waals surface area contributed by atoms with Gasteiger partial charge in [0.15, 0.2) is 0 Å². The largest absolute Gasteiger partial charge is 0.0800 e. The van der Waals surface area contributed by atoms with Gasteiger partial charge in [-0.1, -0.05) is 39.3 Å². The Morgan fingerprint density at radius 1 is 1.20 bits per heavy atom. The summed E-state index contributed by atoms with van der Waals surface area (Å²) in [4.78, 5) is 0. The van der Waals surface area contributed by atoms with Gasteiger partial charge in [0.1, 0.15) is 0 Å². The maximum Gasteiger partial charge on any atom is -0.0149 e. The molecule has 0 aliphatic heterocycles. The van der Waals surface area contributed by atoms with Crippen molar-refractivity contribution >= 4 is 0 Å². The van der Waals surface area contributed by atoms with Crippen LogP contribution in [0.15, 0.2) is 11.6 Å². The third kappa shape index (κ3) is 3.05. The molecule has 0 aromatic rings. The van der Waals surface area contributed by atoms with Crippen molar-refractivity contribution < 1.29 is 0 Å². The second-order valence-electron chi connectivity index (χ2n) is 4.20. The van der Waals surface area contributed by atoms with E-state index in [1.807, 2.05) is 0 Å². The van der Waals surface area contributed by atoms with Gasteiger partial charge in [-0.15, -0.1) is 0 Å². The first-order valence-corrected chi connectivity index (χ1v) is 4.02. The summed E-state index contributed by atoms with van der Waals surface area (Å²) in [6, 6.07) is 0. The fourth-order valence-corrected chi connectivity index (χ4v) is 0.911. The second kappa shape index (κ2) is 3.23. The molecule has 0 saturated heterocycles. The van der Waals surface area contributed by atoms with Gasteiger partial charge in [0.2, 0.25) is 0 Å². The average Bonchev–Trinajstić information content (AvgIpc) is 1.60. The van der Waals surface area contributed by atoms with Crippen LogP contribution in [0.25, 0.3) is 0 Å². The van der Waals surface area contributed by atoms with E-state index in [9.17, 15) is 0 Å². The topological polar surface area (TPSA) is 0 Å². The summed E-state index contributed by atoms with van der Waals surface area (Å²) in [6.45, 7) is 13.4. The Kier molecular flexibility index (Phi) is 3.14. The normalized spacial score (nSPS) is 11.9. The predicted molar refractivity (Wildman–Crippen MR) is 48.1 cm³/mol. The van der Waals surface area contributed by atoms with Crippen LogP contribution in [0.1, 0.15) is 41.5 Å². The van der Waals surface area contributed by atoms with Crippen LogP contribution < -0.4 is 0 Å². The summed E-state index contributed by atoms with van der Waals surface area (Å²) >= 11 is 0. The first-order chi connectivity index (χ1) is 4.36. The van der Waals surface area contributed by atoms with E-state index in [0.717, 1.165) is 5.92 Å². The molecule has 0 bridgehead atoms. The van der Waals surface area contributed by atoms with Gasteiger partial charge in [0.25, 0.3) is 0 Å². The molecule has 0 amide bonds. The van der Waals surface area contributed by atoms with E-state index in [0.29, 0.717) is 5.41 Å². The van der Waals surface area contributed by atoms with E-state index in [2.05, 4.69) is 47.6 Å². The zero-order chi connectivity index (χ0) is 8.36. The van der Waals surface area contributed by atoms with Crippen LogP contribution in [0.4, 0.5) is 0 Å². The van der Waals surface area contributed by atoms with Gasteiger partial charge in [0.05, 0.1) is 0 Å². The van der Waals surface area contributed by atoms with Crippen LogP contribution in [0.5, 0.6) is 0 Å². The molecule has 0 aliphatic rings. The summed E-state index contributed by atoms with van der Waals surface area (Å²) in [5.74, 6) is 0.724. The Morgan fingerprint density at radius 3 is 1.70 bits per heavy atom. The third-order valence-electron chi connectivity index (χ3n) is 2.15. The van der Waals surface area contributed by atoms with E-state index >= 15 is 0 Å². The van der Waals surface area contributed by atoms with Crippen LogP contribution in [0, 0.1) is 11.3 Å². The molecule has 0 aromatic carbocycles. The minimum absolute atomic E-state index is 0.360. The molecule has 0 fully saturated rings. The highest BCUT2D eigenvalue weighted by atomic mass is 14.2. The lowest BCUT2D eigenvalue weighted by molar-refractivity contribution is 0.331. The van der Waals surface area contributed by atoms with Crippen LogP contribution in [-0.4, -0.2) is 0 Å². The molecule has 0 spiro atoms. The highest BCUT2D eigenvalue weighted by molar-refractivity contribution is 5.03. The molecule has 0 aliphatic carbocycles. The molecule has 0 heteroatoms. The van der Waals surface area contributed by atoms with Gasteiger partial charge in [0, 0.05) is 0 Å². The summed E-state index contributed by atoms with van der Waals surface area (Å²) in [5.41, 5.74) is 1.78. The molecular formula is C10H20. The van der Waals surface area contributed by atoms with Crippen molar-refractivity contribution in [1.29, 1.82) is 0 Å².